The summed E-state index contributed by atoms with van der Waals surface area (Å²) in [6, 6.07) is 12.8. The Balaban J connectivity index is 1.63. The number of carbonyl (C=O) groups is 1. The molecular weight excluding hydrogens is 367 g/mol. The van der Waals surface area contributed by atoms with Crippen molar-refractivity contribution in [2.45, 2.75) is 6.61 Å². The molecule has 3 rings (SSSR count). The number of rotatable bonds is 4. The van der Waals surface area contributed by atoms with Gasteiger partial charge in [-0.3, -0.25) is 4.79 Å². The molecule has 24 heavy (non-hydrogen) atoms. The van der Waals surface area contributed by atoms with E-state index in [1.807, 2.05) is 30.3 Å². The fourth-order valence-electron chi connectivity index (χ4n) is 2.03. The van der Waals surface area contributed by atoms with Crippen LogP contribution in [0.1, 0.15) is 11.1 Å². The monoisotopic (exact) mass is 378 g/mol. The van der Waals surface area contributed by atoms with Crippen LogP contribution in [-0.2, 0) is 11.4 Å². The van der Waals surface area contributed by atoms with Crippen LogP contribution < -0.4 is 10.5 Å². The third kappa shape index (κ3) is 4.12. The van der Waals surface area contributed by atoms with Gasteiger partial charge in [0.05, 0.1) is 15.0 Å². The molecule has 0 aromatic heterocycles. The van der Waals surface area contributed by atoms with Crippen LogP contribution in [0.15, 0.2) is 52.4 Å². The summed E-state index contributed by atoms with van der Waals surface area (Å²) < 4.78 is 5.71. The van der Waals surface area contributed by atoms with Gasteiger partial charge < -0.3 is 10.5 Å². The maximum absolute atomic E-state index is 11.6. The molecule has 1 aliphatic rings. The zero-order valence-corrected chi connectivity index (χ0v) is 14.7. The topological polar surface area (TPSA) is 64.7 Å². The minimum atomic E-state index is -0.308. The molecule has 2 aromatic rings. The second-order valence-electron chi connectivity index (χ2n) is 4.97. The lowest BCUT2D eigenvalue weighted by atomic mass is 10.2. The van der Waals surface area contributed by atoms with E-state index >= 15 is 0 Å². The molecule has 2 aromatic carbocycles. The SMILES string of the molecule is NC1=NC(=O)/C(=C/c2ccc(OCc3ccc(Cl)c(Cl)c3)cc2)S1. The highest BCUT2D eigenvalue weighted by molar-refractivity contribution is 8.18. The molecular formula is C17H12Cl2N2O2S. The van der Waals surface area contributed by atoms with Gasteiger partial charge in [0.2, 0.25) is 0 Å². The molecule has 0 fully saturated rings. The number of benzene rings is 2. The van der Waals surface area contributed by atoms with Crippen molar-refractivity contribution in [1.82, 2.24) is 0 Å². The molecule has 1 heterocycles. The summed E-state index contributed by atoms with van der Waals surface area (Å²) in [5.74, 6) is 0.404. The summed E-state index contributed by atoms with van der Waals surface area (Å²) in [4.78, 5) is 15.7. The van der Waals surface area contributed by atoms with Gasteiger partial charge in [-0.1, -0.05) is 41.4 Å². The highest BCUT2D eigenvalue weighted by Crippen LogP contribution is 2.27. The van der Waals surface area contributed by atoms with Crippen molar-refractivity contribution in [3.8, 4) is 5.75 Å². The van der Waals surface area contributed by atoms with Gasteiger partial charge in [-0.25, -0.2) is 0 Å². The Labute approximate surface area is 153 Å². The fourth-order valence-corrected chi connectivity index (χ4v) is 3.04. The number of nitrogens with two attached hydrogens (primary N) is 1. The zero-order chi connectivity index (χ0) is 17.1. The third-order valence-electron chi connectivity index (χ3n) is 3.20. The number of amides is 1. The largest absolute Gasteiger partial charge is 0.489 e. The van der Waals surface area contributed by atoms with Crippen molar-refractivity contribution in [3.63, 3.8) is 0 Å². The molecule has 0 saturated carbocycles. The Kier molecular flexibility index (Phi) is 5.14. The molecule has 0 aliphatic carbocycles. The van der Waals surface area contributed by atoms with Gasteiger partial charge in [-0.2, -0.15) is 4.99 Å². The molecule has 2 N–H and O–H groups in total. The Morgan fingerprint density at radius 1 is 1.12 bits per heavy atom. The van der Waals surface area contributed by atoms with Crippen LogP contribution in [0.3, 0.4) is 0 Å². The van der Waals surface area contributed by atoms with Gasteiger partial charge >= 0.3 is 0 Å². The van der Waals surface area contributed by atoms with Gasteiger partial charge in [-0.05, 0) is 53.2 Å². The first-order chi connectivity index (χ1) is 11.5. The molecule has 4 nitrogen and oxygen atoms in total. The number of carbonyl (C=O) groups excluding carboxylic acids is 1. The average Bonchev–Trinajstić information content (AvgIpc) is 2.87. The highest BCUT2D eigenvalue weighted by atomic mass is 35.5. The van der Waals surface area contributed by atoms with Crippen molar-refractivity contribution in [2.75, 3.05) is 0 Å². The van der Waals surface area contributed by atoms with Crippen LogP contribution in [-0.4, -0.2) is 11.1 Å². The molecule has 0 radical (unpaired) electrons. The van der Waals surface area contributed by atoms with Crippen LogP contribution in [0, 0.1) is 0 Å². The van der Waals surface area contributed by atoms with E-state index in [-0.39, 0.29) is 11.1 Å². The van der Waals surface area contributed by atoms with Gasteiger partial charge in [0.1, 0.15) is 12.4 Å². The first-order valence-electron chi connectivity index (χ1n) is 6.96. The standard InChI is InChI=1S/C17H12Cl2N2O2S/c18-13-6-3-11(7-14(13)19)9-23-12-4-1-10(2-5-12)8-15-16(22)21-17(20)24-15/h1-8H,9H2,(H2,20,21,22)/b15-8-. The second-order valence-corrected chi connectivity index (χ2v) is 6.85. The highest BCUT2D eigenvalue weighted by Gasteiger charge is 2.19. The number of aliphatic imine (C=N–C) groups is 1. The van der Waals surface area contributed by atoms with Crippen LogP contribution in [0.25, 0.3) is 6.08 Å². The van der Waals surface area contributed by atoms with E-state index < -0.39 is 0 Å². The quantitative estimate of drug-likeness (QED) is 0.795. The minimum Gasteiger partial charge on any atom is -0.489 e. The van der Waals surface area contributed by atoms with Gasteiger partial charge in [0.15, 0.2) is 5.17 Å². The molecule has 0 bridgehead atoms. The first kappa shape index (κ1) is 16.9. The lowest BCUT2D eigenvalue weighted by Crippen LogP contribution is -2.01. The van der Waals surface area contributed by atoms with Crippen LogP contribution in [0.4, 0.5) is 0 Å². The van der Waals surface area contributed by atoms with Gasteiger partial charge in [0, 0.05) is 0 Å². The summed E-state index contributed by atoms with van der Waals surface area (Å²) in [6.07, 6.45) is 1.75. The maximum atomic E-state index is 11.6. The number of hydrogen-bond donors (Lipinski definition) is 1. The third-order valence-corrected chi connectivity index (χ3v) is 4.76. The van der Waals surface area contributed by atoms with E-state index in [9.17, 15) is 4.79 Å². The molecule has 0 atom stereocenters. The fraction of sp³-hybridized carbons (Fsp3) is 0.0588. The first-order valence-corrected chi connectivity index (χ1v) is 8.53. The second kappa shape index (κ2) is 7.30. The minimum absolute atomic E-state index is 0.271. The summed E-state index contributed by atoms with van der Waals surface area (Å²) in [5.41, 5.74) is 7.32. The normalized spacial score (nSPS) is 15.7. The molecule has 0 saturated heterocycles. The smallest absolute Gasteiger partial charge is 0.286 e. The van der Waals surface area contributed by atoms with Crippen LogP contribution in [0.2, 0.25) is 10.0 Å². The van der Waals surface area contributed by atoms with E-state index in [0.717, 1.165) is 11.1 Å². The molecule has 7 heteroatoms. The number of amidine groups is 1. The molecule has 0 unspecified atom stereocenters. The Morgan fingerprint density at radius 3 is 2.50 bits per heavy atom. The summed E-state index contributed by atoms with van der Waals surface area (Å²) in [6.45, 7) is 0.385. The summed E-state index contributed by atoms with van der Waals surface area (Å²) >= 11 is 13.0. The van der Waals surface area contributed by atoms with E-state index in [1.54, 1.807) is 18.2 Å². The summed E-state index contributed by atoms with van der Waals surface area (Å²) in [5, 5.41) is 1.29. The molecule has 0 spiro atoms. The van der Waals surface area contributed by atoms with Crippen molar-refractivity contribution < 1.29 is 9.53 Å². The van der Waals surface area contributed by atoms with Crippen molar-refractivity contribution in [2.24, 2.45) is 10.7 Å². The van der Waals surface area contributed by atoms with E-state index in [2.05, 4.69) is 4.99 Å². The van der Waals surface area contributed by atoms with Gasteiger partial charge in [0.25, 0.3) is 5.91 Å². The summed E-state index contributed by atoms with van der Waals surface area (Å²) in [7, 11) is 0. The zero-order valence-electron chi connectivity index (χ0n) is 12.3. The van der Waals surface area contributed by atoms with Crippen molar-refractivity contribution >= 4 is 52.1 Å². The Hall–Kier alpha value is -1.95. The Morgan fingerprint density at radius 2 is 1.88 bits per heavy atom. The molecule has 1 amide bonds. The lowest BCUT2D eigenvalue weighted by molar-refractivity contribution is -0.113. The number of halogens is 2. The predicted molar refractivity (Wildman–Crippen MR) is 99.4 cm³/mol. The van der Waals surface area contributed by atoms with E-state index in [1.165, 1.54) is 11.8 Å². The number of thioether (sulfide) groups is 1. The Bertz CT molecular complexity index is 848. The van der Waals surface area contributed by atoms with E-state index in [0.29, 0.717) is 27.3 Å². The molecule has 122 valence electrons. The van der Waals surface area contributed by atoms with Gasteiger partial charge in [-0.15, -0.1) is 0 Å². The van der Waals surface area contributed by atoms with E-state index in [4.69, 9.17) is 33.7 Å². The average molecular weight is 379 g/mol. The van der Waals surface area contributed by atoms with Crippen LogP contribution >= 0.6 is 35.0 Å². The molecule has 1 aliphatic heterocycles. The lowest BCUT2D eigenvalue weighted by Gasteiger charge is -2.07. The maximum Gasteiger partial charge on any atom is 0.286 e. The predicted octanol–water partition coefficient (Wildman–Crippen LogP) is 4.50. The van der Waals surface area contributed by atoms with Crippen molar-refractivity contribution in [3.05, 3.63) is 68.5 Å². The number of hydrogen-bond acceptors (Lipinski definition) is 4. The van der Waals surface area contributed by atoms with Crippen LogP contribution in [0.5, 0.6) is 5.75 Å². The van der Waals surface area contributed by atoms with Crippen molar-refractivity contribution in [1.29, 1.82) is 0 Å². The number of nitrogens with zero attached hydrogens (tertiary/aromatic N) is 1. The number of ether oxygens (including phenoxy) is 1.